The van der Waals surface area contributed by atoms with Gasteiger partial charge in [-0.05, 0) is 79.9 Å². The van der Waals surface area contributed by atoms with Crippen LogP contribution >= 0.6 is 22.9 Å². The largest absolute Gasteiger partial charge is 0.507 e. The third kappa shape index (κ3) is 5.80. The second-order valence-electron chi connectivity index (χ2n) is 9.64. The van der Waals surface area contributed by atoms with E-state index in [9.17, 15) is 14.7 Å². The van der Waals surface area contributed by atoms with Crippen LogP contribution in [0.5, 0.6) is 17.2 Å². The number of hydrogen-bond donors (Lipinski definition) is 1. The standard InChI is InChI=1S/C32H31ClN2O6S/c1-4-15-40-22-11-7-19(8-12-22)29(36)27-28(20-9-14-24(41-16-5-2)25(17-20)39-6-3)35(31(38)30(27)37)32-34-23-13-10-21(33)18-26(23)42-32/h7-14,17-18,28,36H,4-6,15-16H2,1-3H3/b29-27+. The van der Waals surface area contributed by atoms with E-state index in [1.165, 1.54) is 16.2 Å². The fourth-order valence-electron chi connectivity index (χ4n) is 4.71. The van der Waals surface area contributed by atoms with Gasteiger partial charge in [0, 0.05) is 10.6 Å². The lowest BCUT2D eigenvalue weighted by molar-refractivity contribution is -0.132. The average molecular weight is 607 g/mol. The summed E-state index contributed by atoms with van der Waals surface area (Å²) >= 11 is 7.44. The van der Waals surface area contributed by atoms with Gasteiger partial charge in [-0.3, -0.25) is 14.5 Å². The van der Waals surface area contributed by atoms with Crippen molar-refractivity contribution in [3.8, 4) is 17.2 Å². The molecule has 0 radical (unpaired) electrons. The molecule has 0 saturated carbocycles. The highest BCUT2D eigenvalue weighted by Crippen LogP contribution is 2.46. The molecule has 1 aromatic heterocycles. The number of Topliss-reactive ketones (excluding diaryl/α,β-unsaturated/α-hetero) is 1. The van der Waals surface area contributed by atoms with Crippen LogP contribution in [0.1, 0.15) is 50.8 Å². The van der Waals surface area contributed by atoms with Crippen molar-refractivity contribution in [3.63, 3.8) is 0 Å². The highest BCUT2D eigenvalue weighted by Gasteiger charge is 2.48. The van der Waals surface area contributed by atoms with Gasteiger partial charge in [0.05, 0.1) is 41.7 Å². The summed E-state index contributed by atoms with van der Waals surface area (Å²) in [7, 11) is 0. The van der Waals surface area contributed by atoms with Gasteiger partial charge in [-0.1, -0.05) is 42.9 Å². The number of anilines is 1. The molecule has 1 N–H and O–H groups in total. The zero-order valence-corrected chi connectivity index (χ0v) is 25.1. The van der Waals surface area contributed by atoms with E-state index >= 15 is 0 Å². The van der Waals surface area contributed by atoms with Crippen LogP contribution in [0, 0.1) is 0 Å². The van der Waals surface area contributed by atoms with Crippen molar-refractivity contribution >= 4 is 55.7 Å². The summed E-state index contributed by atoms with van der Waals surface area (Å²) in [6, 6.07) is 16.3. The van der Waals surface area contributed by atoms with Crippen LogP contribution in [0.15, 0.2) is 66.2 Å². The van der Waals surface area contributed by atoms with Crippen molar-refractivity contribution < 1.29 is 28.9 Å². The summed E-state index contributed by atoms with van der Waals surface area (Å²) < 4.78 is 18.2. The van der Waals surface area contributed by atoms with Crippen LogP contribution in [0.25, 0.3) is 16.0 Å². The molecule has 0 bridgehead atoms. The summed E-state index contributed by atoms with van der Waals surface area (Å²) in [5.41, 5.74) is 1.53. The molecule has 0 aliphatic carbocycles. The number of amides is 1. The normalized spacial score (nSPS) is 16.3. The van der Waals surface area contributed by atoms with Gasteiger partial charge >= 0.3 is 5.91 Å². The third-order valence-corrected chi connectivity index (χ3v) is 7.89. The van der Waals surface area contributed by atoms with Crippen molar-refractivity contribution in [3.05, 3.63) is 82.4 Å². The van der Waals surface area contributed by atoms with Gasteiger partial charge in [-0.15, -0.1) is 0 Å². The van der Waals surface area contributed by atoms with E-state index in [1.807, 2.05) is 20.8 Å². The van der Waals surface area contributed by atoms with Crippen molar-refractivity contribution in [2.75, 3.05) is 24.7 Å². The number of ketones is 1. The van der Waals surface area contributed by atoms with E-state index in [4.69, 9.17) is 25.8 Å². The molecule has 3 aromatic carbocycles. The zero-order chi connectivity index (χ0) is 29.8. The molecule has 1 unspecified atom stereocenters. The Morgan fingerprint density at radius 3 is 2.38 bits per heavy atom. The molecule has 1 atom stereocenters. The molecule has 4 aromatic rings. The van der Waals surface area contributed by atoms with Gasteiger partial charge in [-0.25, -0.2) is 4.98 Å². The lowest BCUT2D eigenvalue weighted by Crippen LogP contribution is -2.29. The lowest BCUT2D eigenvalue weighted by atomic mass is 9.95. The minimum absolute atomic E-state index is 0.0517. The summed E-state index contributed by atoms with van der Waals surface area (Å²) in [4.78, 5) is 33.3. The van der Waals surface area contributed by atoms with Crippen molar-refractivity contribution in [1.29, 1.82) is 0 Å². The number of ether oxygens (including phenoxy) is 3. The Labute approximate surface area is 253 Å². The number of aliphatic hydroxyl groups is 1. The minimum Gasteiger partial charge on any atom is -0.507 e. The smallest absolute Gasteiger partial charge is 0.301 e. The van der Waals surface area contributed by atoms with Crippen LogP contribution in [-0.4, -0.2) is 41.6 Å². The van der Waals surface area contributed by atoms with Crippen LogP contribution in [0.4, 0.5) is 5.13 Å². The molecule has 1 aliphatic heterocycles. The fourth-order valence-corrected chi connectivity index (χ4v) is 5.98. The van der Waals surface area contributed by atoms with E-state index in [0.717, 1.165) is 17.5 Å². The highest BCUT2D eigenvalue weighted by molar-refractivity contribution is 7.22. The van der Waals surface area contributed by atoms with E-state index in [0.29, 0.717) is 63.9 Å². The molecule has 2 heterocycles. The topological polar surface area (TPSA) is 98.2 Å². The summed E-state index contributed by atoms with van der Waals surface area (Å²) in [5, 5.41) is 12.4. The molecular formula is C32H31ClN2O6S. The van der Waals surface area contributed by atoms with Crippen molar-refractivity contribution in [2.24, 2.45) is 0 Å². The molecule has 8 nitrogen and oxygen atoms in total. The number of aromatic nitrogens is 1. The molecular weight excluding hydrogens is 576 g/mol. The SMILES string of the molecule is CCCOc1ccc(/C(O)=C2\C(=O)C(=O)N(c3nc4ccc(Cl)cc4s3)C2c2ccc(OCCC)c(OCC)c2)cc1. The number of hydrogen-bond acceptors (Lipinski definition) is 8. The minimum atomic E-state index is -0.975. The predicted molar refractivity (Wildman–Crippen MR) is 165 cm³/mol. The molecule has 42 heavy (non-hydrogen) atoms. The van der Waals surface area contributed by atoms with Crippen molar-refractivity contribution in [2.45, 2.75) is 39.7 Å². The van der Waals surface area contributed by atoms with Gasteiger partial charge in [0.15, 0.2) is 16.6 Å². The van der Waals surface area contributed by atoms with Gasteiger partial charge < -0.3 is 19.3 Å². The van der Waals surface area contributed by atoms with Crippen molar-refractivity contribution in [1.82, 2.24) is 4.98 Å². The Morgan fingerprint density at radius 2 is 1.67 bits per heavy atom. The Morgan fingerprint density at radius 1 is 0.929 bits per heavy atom. The maximum atomic E-state index is 13.7. The first-order valence-electron chi connectivity index (χ1n) is 13.9. The number of benzene rings is 3. The van der Waals surface area contributed by atoms with Gasteiger partial charge in [0.2, 0.25) is 0 Å². The first-order chi connectivity index (χ1) is 20.4. The Kier molecular flexibility index (Phi) is 8.99. The summed E-state index contributed by atoms with van der Waals surface area (Å²) in [5.74, 6) is -0.234. The number of thiazole rings is 1. The monoisotopic (exact) mass is 606 g/mol. The molecule has 10 heteroatoms. The first-order valence-corrected chi connectivity index (χ1v) is 15.1. The van der Waals surface area contributed by atoms with Gasteiger partial charge in [0.25, 0.3) is 5.78 Å². The zero-order valence-electron chi connectivity index (χ0n) is 23.6. The molecule has 218 valence electrons. The number of halogens is 1. The first kappa shape index (κ1) is 29.4. The maximum Gasteiger partial charge on any atom is 0.301 e. The van der Waals surface area contributed by atoms with E-state index < -0.39 is 17.7 Å². The van der Waals surface area contributed by atoms with Gasteiger partial charge in [0.1, 0.15) is 11.5 Å². The van der Waals surface area contributed by atoms with Gasteiger partial charge in [-0.2, -0.15) is 0 Å². The fraction of sp³-hybridized carbons (Fsp3) is 0.281. The van der Waals surface area contributed by atoms with Crippen LogP contribution < -0.4 is 19.1 Å². The second-order valence-corrected chi connectivity index (χ2v) is 11.1. The highest BCUT2D eigenvalue weighted by atomic mass is 35.5. The van der Waals surface area contributed by atoms with E-state index in [1.54, 1.807) is 60.7 Å². The molecule has 1 saturated heterocycles. The number of fused-ring (bicyclic) bond motifs is 1. The van der Waals surface area contributed by atoms with Crippen LogP contribution in [0.2, 0.25) is 5.02 Å². The molecule has 0 spiro atoms. The predicted octanol–water partition coefficient (Wildman–Crippen LogP) is 7.55. The Balaban J connectivity index is 1.67. The van der Waals surface area contributed by atoms with Crippen LogP contribution in [0.3, 0.4) is 0 Å². The lowest BCUT2D eigenvalue weighted by Gasteiger charge is -2.24. The molecule has 1 fully saturated rings. The van der Waals surface area contributed by atoms with E-state index in [-0.39, 0.29) is 11.3 Å². The summed E-state index contributed by atoms with van der Waals surface area (Å²) in [6.45, 7) is 7.34. The van der Waals surface area contributed by atoms with Crippen LogP contribution in [-0.2, 0) is 9.59 Å². The number of aliphatic hydroxyl groups excluding tert-OH is 1. The summed E-state index contributed by atoms with van der Waals surface area (Å²) in [6.07, 6.45) is 1.67. The second kappa shape index (κ2) is 12.8. The number of nitrogens with zero attached hydrogens (tertiary/aromatic N) is 2. The Bertz CT molecular complexity index is 1650. The number of carbonyl (C=O) groups is 2. The average Bonchev–Trinajstić information content (AvgIpc) is 3.52. The third-order valence-electron chi connectivity index (χ3n) is 6.64. The number of carbonyl (C=O) groups excluding carboxylic acids is 2. The van der Waals surface area contributed by atoms with E-state index in [2.05, 4.69) is 4.98 Å². The number of rotatable bonds is 11. The molecule has 1 aliphatic rings. The maximum absolute atomic E-state index is 13.7. The molecule has 1 amide bonds. The quantitative estimate of drug-likeness (QED) is 0.107. The Hall–Kier alpha value is -4.08. The molecule has 5 rings (SSSR count).